The number of aromatic nitrogens is 2. The quantitative estimate of drug-likeness (QED) is 0.907. The van der Waals surface area contributed by atoms with Crippen LogP contribution in [0.1, 0.15) is 51.0 Å². The Kier molecular flexibility index (Phi) is 4.50. The monoisotopic (exact) mass is 264 g/mol. The highest BCUT2D eigenvalue weighted by atomic mass is 15.3. The Morgan fingerprint density at radius 1 is 1.26 bits per heavy atom. The number of rotatable bonds is 4. The van der Waals surface area contributed by atoms with Gasteiger partial charge in [-0.05, 0) is 47.1 Å². The Labute approximate surface area is 117 Å². The smallest absolute Gasteiger partial charge is 0.0828 e. The van der Waals surface area contributed by atoms with Crippen LogP contribution >= 0.6 is 0 Å². The molecule has 0 atom stereocenters. The molecule has 0 bridgehead atoms. The fourth-order valence-electron chi connectivity index (χ4n) is 2.97. The number of hydrogen-bond acceptors (Lipinski definition) is 3. The summed E-state index contributed by atoms with van der Waals surface area (Å²) >= 11 is 0. The maximum atomic E-state index is 4.65. The molecule has 19 heavy (non-hydrogen) atoms. The molecule has 1 aromatic heterocycles. The highest BCUT2D eigenvalue weighted by molar-refractivity contribution is 5.53. The topological polar surface area (TPSA) is 33.1 Å². The molecule has 108 valence electrons. The number of nitrogens with zero attached hydrogens (tertiary/aromatic N) is 3. The lowest BCUT2D eigenvalue weighted by atomic mass is 10.0. The first kappa shape index (κ1) is 14.4. The third-order valence-electron chi connectivity index (χ3n) is 4.20. The minimum Gasteiger partial charge on any atom is -0.379 e. The van der Waals surface area contributed by atoms with Crippen molar-refractivity contribution in [2.24, 2.45) is 0 Å². The summed E-state index contributed by atoms with van der Waals surface area (Å²) < 4.78 is 2.12. The van der Waals surface area contributed by atoms with E-state index in [4.69, 9.17) is 0 Å². The van der Waals surface area contributed by atoms with Crippen LogP contribution in [-0.4, -0.2) is 40.4 Å². The van der Waals surface area contributed by atoms with Gasteiger partial charge in [0.2, 0.25) is 0 Å². The molecule has 0 unspecified atom stereocenters. The Bertz CT molecular complexity index is 414. The molecule has 2 heterocycles. The summed E-state index contributed by atoms with van der Waals surface area (Å²) in [5.74, 6) is 0. The van der Waals surface area contributed by atoms with E-state index in [1.165, 1.54) is 43.9 Å². The van der Waals surface area contributed by atoms with Crippen molar-refractivity contribution in [1.82, 2.24) is 14.7 Å². The molecule has 0 radical (unpaired) electrons. The predicted molar refractivity (Wildman–Crippen MR) is 80.8 cm³/mol. The summed E-state index contributed by atoms with van der Waals surface area (Å²) in [6.07, 6.45) is 2.47. The summed E-state index contributed by atoms with van der Waals surface area (Å²) in [6, 6.07) is 1.03. The number of aryl methyl sites for hydroxylation is 1. The fourth-order valence-corrected chi connectivity index (χ4v) is 2.97. The Morgan fingerprint density at radius 3 is 2.37 bits per heavy atom. The number of piperidine rings is 1. The van der Waals surface area contributed by atoms with Crippen molar-refractivity contribution in [2.75, 3.05) is 25.0 Å². The molecule has 4 nitrogen and oxygen atoms in total. The van der Waals surface area contributed by atoms with Gasteiger partial charge in [-0.2, -0.15) is 5.10 Å². The molecular weight excluding hydrogens is 236 g/mol. The highest BCUT2D eigenvalue weighted by Crippen LogP contribution is 2.25. The Balaban J connectivity index is 2.04. The summed E-state index contributed by atoms with van der Waals surface area (Å²) in [6.45, 7) is 14.5. The summed E-state index contributed by atoms with van der Waals surface area (Å²) in [7, 11) is 0. The van der Waals surface area contributed by atoms with E-state index < -0.39 is 0 Å². The van der Waals surface area contributed by atoms with E-state index in [1.807, 2.05) is 0 Å². The summed E-state index contributed by atoms with van der Waals surface area (Å²) in [5.41, 5.74) is 3.65. The fraction of sp³-hybridized carbons (Fsp3) is 0.800. The van der Waals surface area contributed by atoms with Gasteiger partial charge in [0.1, 0.15) is 0 Å². The standard InChI is InChI=1S/C15H28N4/c1-6-18-9-7-14(8-10-18)16-15-12(4)17-19(11(2)3)13(15)5/h11,14,16H,6-10H2,1-5H3. The van der Waals surface area contributed by atoms with E-state index in [2.05, 4.69) is 54.6 Å². The Hall–Kier alpha value is -1.03. The molecule has 2 rings (SSSR count). The van der Waals surface area contributed by atoms with Gasteiger partial charge >= 0.3 is 0 Å². The number of nitrogens with one attached hydrogen (secondary N) is 1. The molecular formula is C15H28N4. The van der Waals surface area contributed by atoms with Crippen LogP contribution in [0.5, 0.6) is 0 Å². The third-order valence-corrected chi connectivity index (χ3v) is 4.20. The van der Waals surface area contributed by atoms with Crippen molar-refractivity contribution in [1.29, 1.82) is 0 Å². The maximum absolute atomic E-state index is 4.65. The normalized spacial score (nSPS) is 18.2. The second kappa shape index (κ2) is 5.95. The zero-order valence-corrected chi connectivity index (χ0v) is 13.0. The second-order valence-electron chi connectivity index (χ2n) is 5.94. The first-order chi connectivity index (χ1) is 9.02. The average molecular weight is 264 g/mol. The molecule has 1 aliphatic rings. The molecule has 1 aliphatic heterocycles. The van der Waals surface area contributed by atoms with Gasteiger partial charge in [-0.1, -0.05) is 6.92 Å². The number of hydrogen-bond donors (Lipinski definition) is 1. The lowest BCUT2D eigenvalue weighted by molar-refractivity contribution is 0.229. The first-order valence-electron chi connectivity index (χ1n) is 7.57. The summed E-state index contributed by atoms with van der Waals surface area (Å²) in [5, 5.41) is 8.38. The van der Waals surface area contributed by atoms with E-state index in [0.717, 1.165) is 5.69 Å². The van der Waals surface area contributed by atoms with Crippen molar-refractivity contribution < 1.29 is 0 Å². The minimum absolute atomic E-state index is 0.427. The molecule has 1 fully saturated rings. The molecule has 1 N–H and O–H groups in total. The van der Waals surface area contributed by atoms with Crippen LogP contribution in [0.15, 0.2) is 0 Å². The van der Waals surface area contributed by atoms with E-state index in [-0.39, 0.29) is 0 Å². The van der Waals surface area contributed by atoms with Crippen molar-refractivity contribution in [3.63, 3.8) is 0 Å². The molecule has 1 aromatic rings. The molecule has 0 spiro atoms. The van der Waals surface area contributed by atoms with Gasteiger partial charge in [0.25, 0.3) is 0 Å². The van der Waals surface area contributed by atoms with Gasteiger partial charge in [-0.3, -0.25) is 4.68 Å². The van der Waals surface area contributed by atoms with Gasteiger partial charge in [-0.25, -0.2) is 0 Å². The zero-order valence-electron chi connectivity index (χ0n) is 13.0. The van der Waals surface area contributed by atoms with E-state index >= 15 is 0 Å². The van der Waals surface area contributed by atoms with Gasteiger partial charge < -0.3 is 10.2 Å². The largest absolute Gasteiger partial charge is 0.379 e. The van der Waals surface area contributed by atoms with Crippen molar-refractivity contribution in [3.8, 4) is 0 Å². The zero-order chi connectivity index (χ0) is 14.0. The SMILES string of the molecule is CCN1CCC(Nc2c(C)nn(C(C)C)c2C)CC1. The number of likely N-dealkylation sites (tertiary alicyclic amines) is 1. The highest BCUT2D eigenvalue weighted by Gasteiger charge is 2.21. The van der Waals surface area contributed by atoms with Crippen LogP contribution in [0.2, 0.25) is 0 Å². The molecule has 0 aromatic carbocycles. The van der Waals surface area contributed by atoms with Crippen LogP contribution < -0.4 is 5.32 Å². The van der Waals surface area contributed by atoms with Gasteiger partial charge in [0.05, 0.1) is 17.1 Å². The van der Waals surface area contributed by atoms with E-state index in [0.29, 0.717) is 12.1 Å². The van der Waals surface area contributed by atoms with Gasteiger partial charge in [0.15, 0.2) is 0 Å². The molecule has 0 aliphatic carbocycles. The average Bonchev–Trinajstić information content (AvgIpc) is 2.68. The minimum atomic E-state index is 0.427. The summed E-state index contributed by atoms with van der Waals surface area (Å²) in [4.78, 5) is 2.52. The van der Waals surface area contributed by atoms with E-state index in [9.17, 15) is 0 Å². The Morgan fingerprint density at radius 2 is 1.89 bits per heavy atom. The van der Waals surface area contributed by atoms with Crippen LogP contribution in [-0.2, 0) is 0 Å². The molecule has 4 heteroatoms. The van der Waals surface area contributed by atoms with Crippen LogP contribution in [0.25, 0.3) is 0 Å². The van der Waals surface area contributed by atoms with Crippen LogP contribution in [0.3, 0.4) is 0 Å². The van der Waals surface area contributed by atoms with Crippen LogP contribution in [0, 0.1) is 13.8 Å². The molecule has 0 amide bonds. The van der Waals surface area contributed by atoms with Crippen molar-refractivity contribution in [2.45, 2.75) is 59.5 Å². The predicted octanol–water partition coefficient (Wildman–Crippen LogP) is 2.98. The van der Waals surface area contributed by atoms with Gasteiger partial charge in [0, 0.05) is 25.2 Å². The molecule has 0 saturated carbocycles. The number of anilines is 1. The van der Waals surface area contributed by atoms with Gasteiger partial charge in [-0.15, -0.1) is 0 Å². The third kappa shape index (κ3) is 3.11. The molecule has 1 saturated heterocycles. The maximum Gasteiger partial charge on any atom is 0.0828 e. The van der Waals surface area contributed by atoms with Crippen molar-refractivity contribution >= 4 is 5.69 Å². The van der Waals surface area contributed by atoms with Crippen LogP contribution in [0.4, 0.5) is 5.69 Å². The first-order valence-corrected chi connectivity index (χ1v) is 7.57. The van der Waals surface area contributed by atoms with E-state index in [1.54, 1.807) is 0 Å². The second-order valence-corrected chi connectivity index (χ2v) is 5.94. The lowest BCUT2D eigenvalue weighted by Gasteiger charge is -2.32. The van der Waals surface area contributed by atoms with Crippen molar-refractivity contribution in [3.05, 3.63) is 11.4 Å². The lowest BCUT2D eigenvalue weighted by Crippen LogP contribution is -2.39.